The maximum Gasteiger partial charge on any atom is 0.306 e. The fourth-order valence-electron chi connectivity index (χ4n) is 5.65. The molecule has 2 heterocycles. The van der Waals surface area contributed by atoms with E-state index in [9.17, 15) is 28.0 Å². The van der Waals surface area contributed by atoms with Gasteiger partial charge in [0.1, 0.15) is 11.3 Å². The van der Waals surface area contributed by atoms with E-state index in [0.29, 0.717) is 56.7 Å². The number of anilines is 1. The first-order valence-electron chi connectivity index (χ1n) is 13.9. The Bertz CT molecular complexity index is 1370. The van der Waals surface area contributed by atoms with E-state index in [1.54, 1.807) is 4.57 Å². The molecule has 41 heavy (non-hydrogen) atoms. The number of nitrogens with one attached hydrogen (secondary N) is 2. The van der Waals surface area contributed by atoms with Gasteiger partial charge in [0.05, 0.1) is 10.6 Å². The van der Waals surface area contributed by atoms with Crippen molar-refractivity contribution in [2.45, 2.75) is 96.7 Å². The number of hydrogen-bond donors (Lipinski definition) is 2. The third kappa shape index (κ3) is 7.15. The number of hydrogen-bond acceptors (Lipinski definition) is 5. The van der Waals surface area contributed by atoms with Gasteiger partial charge in [-0.15, -0.1) is 0 Å². The first-order chi connectivity index (χ1) is 19.2. The average Bonchev–Trinajstić information content (AvgIpc) is 3.43. The first kappa shape index (κ1) is 30.7. The SMILES string of the molecule is CC(C)(C)OC(=O)CC[C@H]1CC[C@](C)(NC(=O)C(=O)c2c(Cl)c(C(=O)Nc3ccc(F)c(F)c3)c3n2CCC3)CC1. The second-order valence-electron chi connectivity index (χ2n) is 12.2. The van der Waals surface area contributed by atoms with Crippen LogP contribution in [-0.4, -0.2) is 39.3 Å². The third-order valence-corrected chi connectivity index (χ3v) is 8.10. The molecule has 4 rings (SSSR count). The molecule has 0 saturated heterocycles. The van der Waals surface area contributed by atoms with Crippen LogP contribution in [0.2, 0.25) is 5.02 Å². The number of carbonyl (C=O) groups excluding carboxylic acids is 4. The number of rotatable bonds is 8. The second kappa shape index (κ2) is 11.9. The van der Waals surface area contributed by atoms with E-state index in [-0.39, 0.29) is 27.9 Å². The Labute approximate surface area is 243 Å². The molecular formula is C30H36ClF2N3O5. The molecule has 0 bridgehead atoms. The summed E-state index contributed by atoms with van der Waals surface area (Å²) in [5, 5.41) is 5.24. The second-order valence-corrected chi connectivity index (χ2v) is 12.6. The van der Waals surface area contributed by atoms with E-state index < -0.39 is 40.4 Å². The van der Waals surface area contributed by atoms with Gasteiger partial charge in [0, 0.05) is 36.0 Å². The number of nitrogens with zero attached hydrogens (tertiary/aromatic N) is 1. The lowest BCUT2D eigenvalue weighted by molar-refractivity contribution is -0.155. The quantitative estimate of drug-likeness (QED) is 0.223. The zero-order chi connectivity index (χ0) is 30.1. The minimum atomic E-state index is -1.12. The summed E-state index contributed by atoms with van der Waals surface area (Å²) < 4.78 is 33.9. The molecule has 1 fully saturated rings. The molecule has 0 spiro atoms. The van der Waals surface area contributed by atoms with Gasteiger partial charge in [0.15, 0.2) is 11.6 Å². The smallest absolute Gasteiger partial charge is 0.306 e. The Hall–Kier alpha value is -3.27. The molecule has 2 N–H and O–H groups in total. The molecule has 0 radical (unpaired) electrons. The van der Waals surface area contributed by atoms with Gasteiger partial charge in [-0.2, -0.15) is 0 Å². The van der Waals surface area contributed by atoms with Crippen molar-refractivity contribution in [1.82, 2.24) is 9.88 Å². The number of esters is 1. The number of fused-ring (bicyclic) bond motifs is 1. The zero-order valence-corrected chi connectivity index (χ0v) is 24.6. The highest BCUT2D eigenvalue weighted by atomic mass is 35.5. The lowest BCUT2D eigenvalue weighted by atomic mass is 9.76. The van der Waals surface area contributed by atoms with Crippen LogP contribution in [0.1, 0.15) is 99.2 Å². The maximum atomic E-state index is 13.6. The van der Waals surface area contributed by atoms with E-state index >= 15 is 0 Å². The fraction of sp³-hybridized carbons (Fsp3) is 0.533. The summed E-state index contributed by atoms with van der Waals surface area (Å²) >= 11 is 6.55. The van der Waals surface area contributed by atoms with Crippen LogP contribution < -0.4 is 10.6 Å². The third-order valence-electron chi connectivity index (χ3n) is 7.73. The molecule has 1 aliphatic carbocycles. The molecule has 1 aromatic carbocycles. The molecule has 2 amide bonds. The van der Waals surface area contributed by atoms with Crippen molar-refractivity contribution in [2.75, 3.05) is 5.32 Å². The van der Waals surface area contributed by atoms with Gasteiger partial charge < -0.3 is 19.9 Å². The number of amides is 2. The monoisotopic (exact) mass is 591 g/mol. The Kier molecular flexibility index (Phi) is 8.92. The molecule has 1 aliphatic heterocycles. The lowest BCUT2D eigenvalue weighted by Crippen LogP contribution is -2.50. The van der Waals surface area contributed by atoms with Crippen LogP contribution in [0.5, 0.6) is 0 Å². The molecular weight excluding hydrogens is 556 g/mol. The topological polar surface area (TPSA) is 106 Å². The van der Waals surface area contributed by atoms with Gasteiger partial charge in [-0.05, 0) is 90.7 Å². The molecule has 11 heteroatoms. The number of Topliss-reactive ketones (excluding diaryl/α,β-unsaturated/α-hetero) is 1. The van der Waals surface area contributed by atoms with Crippen LogP contribution >= 0.6 is 11.6 Å². The van der Waals surface area contributed by atoms with Crippen molar-refractivity contribution in [3.05, 3.63) is 51.8 Å². The summed E-state index contributed by atoms with van der Waals surface area (Å²) in [6.45, 7) is 7.82. The standard InChI is InChI=1S/C30H36ClF2N3O5/c1-29(2,3)41-22(37)10-7-17-11-13-30(4,14-12-17)35-28(40)26(38)25-24(31)23(21-6-5-15-36(21)25)27(39)34-18-8-9-19(32)20(33)16-18/h8-9,16-17H,5-7,10-15H2,1-4H3,(H,34,39)(H,35,40)/t17-,30-. The number of aromatic nitrogens is 1. The van der Waals surface area contributed by atoms with E-state index in [1.807, 2.05) is 27.7 Å². The highest BCUT2D eigenvalue weighted by molar-refractivity contribution is 6.48. The van der Waals surface area contributed by atoms with Crippen molar-refractivity contribution >= 4 is 40.9 Å². The van der Waals surface area contributed by atoms with Crippen molar-refractivity contribution in [2.24, 2.45) is 5.92 Å². The molecule has 0 atom stereocenters. The highest BCUT2D eigenvalue weighted by Gasteiger charge is 2.38. The summed E-state index contributed by atoms with van der Waals surface area (Å²) in [5.41, 5.74) is -0.585. The predicted molar refractivity (Wildman–Crippen MR) is 150 cm³/mol. The minimum Gasteiger partial charge on any atom is -0.460 e. The van der Waals surface area contributed by atoms with Crippen LogP contribution in [0.25, 0.3) is 0 Å². The number of ketones is 1. The van der Waals surface area contributed by atoms with Crippen LogP contribution in [0, 0.1) is 17.6 Å². The summed E-state index contributed by atoms with van der Waals surface area (Å²) in [7, 11) is 0. The predicted octanol–water partition coefficient (Wildman–Crippen LogP) is 5.99. The van der Waals surface area contributed by atoms with E-state index in [4.69, 9.17) is 16.3 Å². The number of carbonyl (C=O) groups is 4. The molecule has 2 aliphatic rings. The number of halogens is 3. The Morgan fingerprint density at radius 3 is 2.44 bits per heavy atom. The Morgan fingerprint density at radius 1 is 1.12 bits per heavy atom. The normalized spacial score (nSPS) is 20.3. The van der Waals surface area contributed by atoms with Gasteiger partial charge in [0.2, 0.25) is 0 Å². The van der Waals surface area contributed by atoms with Crippen molar-refractivity contribution in [3.63, 3.8) is 0 Å². The fourth-order valence-corrected chi connectivity index (χ4v) is 6.03. The largest absolute Gasteiger partial charge is 0.460 e. The van der Waals surface area contributed by atoms with E-state index in [1.165, 1.54) is 6.07 Å². The summed E-state index contributed by atoms with van der Waals surface area (Å²) in [4.78, 5) is 51.7. The van der Waals surface area contributed by atoms with Crippen LogP contribution in [0.4, 0.5) is 14.5 Å². The molecule has 8 nitrogen and oxygen atoms in total. The lowest BCUT2D eigenvalue weighted by Gasteiger charge is -2.38. The van der Waals surface area contributed by atoms with E-state index in [0.717, 1.165) is 25.0 Å². The molecule has 222 valence electrons. The minimum absolute atomic E-state index is 0.0307. The number of ether oxygens (including phenoxy) is 1. The summed E-state index contributed by atoms with van der Waals surface area (Å²) in [6, 6.07) is 2.96. The average molecular weight is 592 g/mol. The maximum absolute atomic E-state index is 13.6. The molecule has 2 aromatic rings. The number of benzene rings is 1. The van der Waals surface area contributed by atoms with Crippen LogP contribution in [-0.2, 0) is 27.3 Å². The van der Waals surface area contributed by atoms with Crippen molar-refractivity contribution < 1.29 is 32.7 Å². The van der Waals surface area contributed by atoms with Crippen molar-refractivity contribution in [1.29, 1.82) is 0 Å². The molecule has 1 aromatic heterocycles. The molecule has 1 saturated carbocycles. The van der Waals surface area contributed by atoms with Crippen LogP contribution in [0.15, 0.2) is 18.2 Å². The van der Waals surface area contributed by atoms with Gasteiger partial charge >= 0.3 is 5.97 Å². The van der Waals surface area contributed by atoms with Gasteiger partial charge in [0.25, 0.3) is 17.6 Å². The van der Waals surface area contributed by atoms with Gasteiger partial charge in [-0.1, -0.05) is 11.6 Å². The van der Waals surface area contributed by atoms with Crippen molar-refractivity contribution in [3.8, 4) is 0 Å². The van der Waals surface area contributed by atoms with Gasteiger partial charge in [-0.3, -0.25) is 19.2 Å². The Balaban J connectivity index is 1.41. The first-order valence-corrected chi connectivity index (χ1v) is 14.3. The Morgan fingerprint density at radius 2 is 1.80 bits per heavy atom. The summed E-state index contributed by atoms with van der Waals surface area (Å²) in [6.07, 6.45) is 5.05. The zero-order valence-electron chi connectivity index (χ0n) is 23.8. The highest BCUT2D eigenvalue weighted by Crippen LogP contribution is 2.36. The van der Waals surface area contributed by atoms with Crippen LogP contribution in [0.3, 0.4) is 0 Å². The van der Waals surface area contributed by atoms with E-state index in [2.05, 4.69) is 10.6 Å². The van der Waals surface area contributed by atoms with Gasteiger partial charge in [-0.25, -0.2) is 8.78 Å². The summed E-state index contributed by atoms with van der Waals surface area (Å²) in [5.74, 6) is -4.38. The molecule has 0 unspecified atom stereocenters.